The molecule has 0 radical (unpaired) electrons. The Balaban J connectivity index is 2.19. The highest BCUT2D eigenvalue weighted by Gasteiger charge is 2.34. The molecule has 0 bridgehead atoms. The van der Waals surface area contributed by atoms with Gasteiger partial charge in [-0.2, -0.15) is 0 Å². The number of halogens is 3. The summed E-state index contributed by atoms with van der Waals surface area (Å²) < 4.78 is -1.73. The predicted octanol–water partition coefficient (Wildman–Crippen LogP) is 4.24. The number of rotatable bonds is 4. The van der Waals surface area contributed by atoms with Crippen molar-refractivity contribution < 1.29 is 4.79 Å². The lowest BCUT2D eigenvalue weighted by Crippen LogP contribution is -2.49. The summed E-state index contributed by atoms with van der Waals surface area (Å²) in [5.74, 6) is -0.383. The van der Waals surface area contributed by atoms with Crippen molar-refractivity contribution >= 4 is 46.4 Å². The number of aryl methyl sites for hydroxylation is 2. The number of amides is 1. The summed E-state index contributed by atoms with van der Waals surface area (Å²) >= 11 is 18.0. The highest BCUT2D eigenvalue weighted by atomic mass is 35.6. The molecule has 7 heteroatoms. The number of benzene rings is 1. The fourth-order valence-corrected chi connectivity index (χ4v) is 2.37. The van der Waals surface area contributed by atoms with E-state index in [1.165, 1.54) is 6.20 Å². The van der Waals surface area contributed by atoms with Crippen LogP contribution in [0.25, 0.3) is 0 Å². The Morgan fingerprint density at radius 2 is 1.96 bits per heavy atom. The second-order valence-corrected chi connectivity index (χ2v) is 7.52. The lowest BCUT2D eigenvalue weighted by Gasteiger charge is -2.28. The van der Waals surface area contributed by atoms with Crippen molar-refractivity contribution in [1.82, 2.24) is 10.3 Å². The molecule has 0 fully saturated rings. The zero-order chi connectivity index (χ0) is 17.0. The quantitative estimate of drug-likeness (QED) is 0.623. The highest BCUT2D eigenvalue weighted by Crippen LogP contribution is 2.32. The first-order valence-corrected chi connectivity index (χ1v) is 8.02. The van der Waals surface area contributed by atoms with E-state index in [2.05, 4.69) is 15.6 Å². The maximum atomic E-state index is 12.3. The summed E-state index contributed by atoms with van der Waals surface area (Å²) in [5.41, 5.74) is 3.27. The second-order valence-electron chi connectivity index (χ2n) is 5.15. The van der Waals surface area contributed by atoms with E-state index in [0.717, 1.165) is 16.8 Å². The zero-order valence-electron chi connectivity index (χ0n) is 12.6. The van der Waals surface area contributed by atoms with Gasteiger partial charge < -0.3 is 10.6 Å². The number of anilines is 1. The van der Waals surface area contributed by atoms with Gasteiger partial charge in [0, 0.05) is 18.1 Å². The lowest BCUT2D eigenvalue weighted by atomic mass is 10.1. The number of alkyl halides is 3. The summed E-state index contributed by atoms with van der Waals surface area (Å²) in [6, 6.07) is 9.12. The molecule has 1 aromatic heterocycles. The number of carbonyl (C=O) groups excluding carboxylic acids is 1. The van der Waals surface area contributed by atoms with Crippen LogP contribution in [0.1, 0.15) is 21.5 Å². The van der Waals surface area contributed by atoms with E-state index >= 15 is 0 Å². The van der Waals surface area contributed by atoms with Crippen molar-refractivity contribution in [2.75, 3.05) is 5.32 Å². The number of aromatic nitrogens is 1. The minimum atomic E-state index is -1.73. The topological polar surface area (TPSA) is 54.0 Å². The second kappa shape index (κ2) is 7.39. The molecular formula is C16H16Cl3N3O. The number of pyridine rings is 1. The summed E-state index contributed by atoms with van der Waals surface area (Å²) in [6.45, 7) is 3.93. The average Bonchev–Trinajstić information content (AvgIpc) is 2.48. The van der Waals surface area contributed by atoms with Crippen LogP contribution in [-0.2, 0) is 0 Å². The van der Waals surface area contributed by atoms with Crippen molar-refractivity contribution in [3.05, 3.63) is 59.4 Å². The Bertz CT molecular complexity index is 687. The predicted molar refractivity (Wildman–Crippen MR) is 95.3 cm³/mol. The largest absolute Gasteiger partial charge is 0.362 e. The van der Waals surface area contributed by atoms with E-state index in [1.807, 2.05) is 32.0 Å². The van der Waals surface area contributed by atoms with Gasteiger partial charge in [0.25, 0.3) is 5.91 Å². The van der Waals surface area contributed by atoms with Crippen LogP contribution in [0.2, 0.25) is 0 Å². The minimum absolute atomic E-state index is 0.383. The van der Waals surface area contributed by atoms with Crippen LogP contribution in [0.3, 0.4) is 0 Å². The van der Waals surface area contributed by atoms with Crippen LogP contribution in [-0.4, -0.2) is 20.8 Å². The molecule has 2 N–H and O–H groups in total. The first kappa shape index (κ1) is 17.9. The Morgan fingerprint density at radius 3 is 2.52 bits per heavy atom. The van der Waals surface area contributed by atoms with Crippen molar-refractivity contribution in [1.29, 1.82) is 0 Å². The summed E-state index contributed by atoms with van der Waals surface area (Å²) in [6.07, 6.45) is 2.13. The first-order valence-electron chi connectivity index (χ1n) is 6.89. The average molecular weight is 373 g/mol. The van der Waals surface area contributed by atoms with Gasteiger partial charge >= 0.3 is 0 Å². The van der Waals surface area contributed by atoms with Gasteiger partial charge in [-0.25, -0.2) is 0 Å². The van der Waals surface area contributed by atoms with Crippen LogP contribution >= 0.6 is 34.8 Å². The van der Waals surface area contributed by atoms with E-state index in [1.54, 1.807) is 18.3 Å². The van der Waals surface area contributed by atoms with Crippen molar-refractivity contribution in [3.8, 4) is 0 Å². The number of carbonyl (C=O) groups is 1. The molecule has 1 amide bonds. The summed E-state index contributed by atoms with van der Waals surface area (Å²) in [5, 5.41) is 5.74. The minimum Gasteiger partial charge on any atom is -0.362 e. The van der Waals surface area contributed by atoms with Crippen LogP contribution < -0.4 is 10.6 Å². The molecule has 2 aromatic rings. The Hall–Kier alpha value is -1.49. The van der Waals surface area contributed by atoms with Gasteiger partial charge in [0.15, 0.2) is 0 Å². The molecule has 0 aliphatic rings. The SMILES string of the molecule is Cc1ccc(N[C@H](NC(=O)c2cccnc2)C(Cl)(Cl)Cl)c(C)c1. The van der Waals surface area contributed by atoms with E-state index in [9.17, 15) is 4.79 Å². The van der Waals surface area contributed by atoms with Crippen LogP contribution in [0.4, 0.5) is 5.69 Å². The molecule has 23 heavy (non-hydrogen) atoms. The molecule has 0 aliphatic carbocycles. The smallest absolute Gasteiger partial charge is 0.254 e. The van der Waals surface area contributed by atoms with Crippen molar-refractivity contribution in [3.63, 3.8) is 0 Å². The van der Waals surface area contributed by atoms with Crippen molar-refractivity contribution in [2.24, 2.45) is 0 Å². The monoisotopic (exact) mass is 371 g/mol. The summed E-state index contributed by atoms with van der Waals surface area (Å²) in [7, 11) is 0. The fraction of sp³-hybridized carbons (Fsp3) is 0.250. The van der Waals surface area contributed by atoms with E-state index < -0.39 is 9.96 Å². The third kappa shape index (κ3) is 4.99. The molecule has 0 spiro atoms. The Kier molecular flexibility index (Phi) is 5.74. The third-order valence-corrected chi connectivity index (χ3v) is 3.86. The first-order chi connectivity index (χ1) is 10.8. The molecular weight excluding hydrogens is 357 g/mol. The molecule has 1 aromatic carbocycles. The summed E-state index contributed by atoms with van der Waals surface area (Å²) in [4.78, 5) is 16.2. The van der Waals surface area contributed by atoms with Crippen LogP contribution in [0.15, 0.2) is 42.7 Å². The molecule has 0 aliphatic heterocycles. The molecule has 122 valence electrons. The van der Waals surface area contributed by atoms with E-state index in [-0.39, 0.29) is 5.91 Å². The lowest BCUT2D eigenvalue weighted by molar-refractivity contribution is 0.0941. The van der Waals surface area contributed by atoms with E-state index in [4.69, 9.17) is 34.8 Å². The molecule has 0 saturated heterocycles. The van der Waals surface area contributed by atoms with Crippen LogP contribution in [0.5, 0.6) is 0 Å². The van der Waals surface area contributed by atoms with Gasteiger partial charge in [0.05, 0.1) is 5.56 Å². The van der Waals surface area contributed by atoms with Gasteiger partial charge in [0.1, 0.15) is 6.17 Å². The number of hydrogen-bond donors (Lipinski definition) is 2. The maximum Gasteiger partial charge on any atom is 0.254 e. The molecule has 0 unspecified atom stereocenters. The van der Waals surface area contributed by atoms with E-state index in [0.29, 0.717) is 5.56 Å². The van der Waals surface area contributed by atoms with Gasteiger partial charge in [0.2, 0.25) is 3.79 Å². The highest BCUT2D eigenvalue weighted by molar-refractivity contribution is 6.68. The molecule has 4 nitrogen and oxygen atoms in total. The van der Waals surface area contributed by atoms with Gasteiger partial charge in [-0.1, -0.05) is 52.5 Å². The van der Waals surface area contributed by atoms with Crippen LogP contribution in [0, 0.1) is 13.8 Å². The molecule has 2 rings (SSSR count). The molecule has 0 saturated carbocycles. The zero-order valence-corrected chi connectivity index (χ0v) is 14.9. The normalized spacial score (nSPS) is 12.6. The number of hydrogen-bond acceptors (Lipinski definition) is 3. The molecule has 1 heterocycles. The maximum absolute atomic E-state index is 12.3. The van der Waals surface area contributed by atoms with Gasteiger partial charge in [-0.15, -0.1) is 0 Å². The number of nitrogens with zero attached hydrogens (tertiary/aromatic N) is 1. The van der Waals surface area contributed by atoms with Gasteiger partial charge in [-0.05, 0) is 37.6 Å². The Morgan fingerprint density at radius 1 is 1.22 bits per heavy atom. The fourth-order valence-electron chi connectivity index (χ4n) is 2.04. The third-order valence-electron chi connectivity index (χ3n) is 3.21. The van der Waals surface area contributed by atoms with Gasteiger partial charge in [-0.3, -0.25) is 9.78 Å². The Labute approximate surface area is 150 Å². The molecule has 1 atom stereocenters. The number of nitrogens with one attached hydrogen (secondary N) is 2. The van der Waals surface area contributed by atoms with Crippen molar-refractivity contribution in [2.45, 2.75) is 23.8 Å². The standard InChI is InChI=1S/C16H16Cl3N3O/c1-10-5-6-13(11(2)8-10)21-15(16(17,18)19)22-14(23)12-4-3-7-20-9-12/h3-9,15,21H,1-2H3,(H,22,23)/t15-/m1/s1.